The Morgan fingerprint density at radius 1 is 1.13 bits per heavy atom. The summed E-state index contributed by atoms with van der Waals surface area (Å²) in [5, 5.41) is 6.50. The lowest BCUT2D eigenvalue weighted by atomic mass is 10.00. The first-order valence-electron chi connectivity index (χ1n) is 10.6. The summed E-state index contributed by atoms with van der Waals surface area (Å²) in [6, 6.07) is 3.36. The van der Waals surface area contributed by atoms with Crippen LogP contribution in [0.5, 0.6) is 0 Å². The lowest BCUT2D eigenvalue weighted by molar-refractivity contribution is 0.168. The van der Waals surface area contributed by atoms with Crippen molar-refractivity contribution in [2.24, 2.45) is 7.05 Å². The molecular formula is C21H30FN5O3S. The van der Waals surface area contributed by atoms with Gasteiger partial charge in [0.25, 0.3) is 10.0 Å². The minimum absolute atomic E-state index is 0.206. The topological polar surface area (TPSA) is 96.3 Å². The lowest BCUT2D eigenvalue weighted by Crippen LogP contribution is -2.36. The van der Waals surface area contributed by atoms with Crippen LogP contribution in [0.2, 0.25) is 0 Å². The zero-order chi connectivity index (χ0) is 22.6. The molecule has 0 aliphatic carbocycles. The monoisotopic (exact) mass is 451 g/mol. The van der Waals surface area contributed by atoms with E-state index in [2.05, 4.69) is 15.3 Å². The molecule has 10 heteroatoms. The number of anilines is 1. The van der Waals surface area contributed by atoms with Crippen LogP contribution in [0.1, 0.15) is 49.9 Å². The Labute approximate surface area is 182 Å². The molecule has 8 nitrogen and oxygen atoms in total. The molecule has 0 atom stereocenters. The van der Waals surface area contributed by atoms with Crippen molar-refractivity contribution in [1.82, 2.24) is 19.4 Å². The van der Waals surface area contributed by atoms with Gasteiger partial charge in [-0.05, 0) is 55.6 Å². The van der Waals surface area contributed by atoms with Gasteiger partial charge in [0.1, 0.15) is 5.82 Å². The van der Waals surface area contributed by atoms with Crippen LogP contribution in [0, 0.1) is 5.82 Å². The van der Waals surface area contributed by atoms with Crippen molar-refractivity contribution in [3.63, 3.8) is 0 Å². The Balaban J connectivity index is 1.77. The first-order valence-corrected chi connectivity index (χ1v) is 12.1. The van der Waals surface area contributed by atoms with Crippen molar-refractivity contribution >= 4 is 21.7 Å². The van der Waals surface area contributed by atoms with E-state index in [9.17, 15) is 17.6 Å². The van der Waals surface area contributed by atoms with Crippen molar-refractivity contribution in [3.8, 4) is 0 Å². The van der Waals surface area contributed by atoms with Gasteiger partial charge in [-0.15, -0.1) is 0 Å². The molecule has 0 bridgehead atoms. The Morgan fingerprint density at radius 3 is 2.26 bits per heavy atom. The number of nitrogens with zero attached hydrogens (tertiary/aromatic N) is 3. The number of hydrogen-bond acceptors (Lipinski definition) is 5. The molecule has 31 heavy (non-hydrogen) atoms. The van der Waals surface area contributed by atoms with Crippen LogP contribution in [0.15, 0.2) is 23.2 Å². The third-order valence-electron chi connectivity index (χ3n) is 5.33. The number of nitrogens with one attached hydrogen (secondary N) is 2. The quantitative estimate of drug-likeness (QED) is 0.610. The van der Waals surface area contributed by atoms with Gasteiger partial charge >= 0.3 is 6.03 Å². The average molecular weight is 452 g/mol. The molecule has 1 aliphatic rings. The van der Waals surface area contributed by atoms with Gasteiger partial charge in [-0.25, -0.2) is 13.9 Å². The van der Waals surface area contributed by atoms with E-state index in [-0.39, 0.29) is 10.8 Å². The van der Waals surface area contributed by atoms with Gasteiger partial charge in [-0.1, -0.05) is 26.7 Å². The van der Waals surface area contributed by atoms with Crippen LogP contribution in [0.4, 0.5) is 14.9 Å². The van der Waals surface area contributed by atoms with Crippen molar-refractivity contribution in [3.05, 3.63) is 40.8 Å². The second kappa shape index (κ2) is 9.78. The summed E-state index contributed by atoms with van der Waals surface area (Å²) in [5.41, 5.74) is 2.52. The molecule has 0 saturated carbocycles. The minimum Gasteiger partial charge on any atom is -0.307 e. The molecule has 0 unspecified atom stereocenters. The number of sulfonamides is 1. The maximum atomic E-state index is 14.0. The third-order valence-corrected chi connectivity index (χ3v) is 6.54. The highest BCUT2D eigenvalue weighted by atomic mass is 32.2. The molecule has 2 N–H and O–H groups in total. The second-order valence-corrected chi connectivity index (χ2v) is 9.52. The lowest BCUT2D eigenvalue weighted by Gasteiger charge is -2.30. The summed E-state index contributed by atoms with van der Waals surface area (Å²) in [7, 11) is -2.47. The minimum atomic E-state index is -4.15. The maximum absolute atomic E-state index is 14.0. The molecule has 2 amide bonds. The van der Waals surface area contributed by atoms with Crippen molar-refractivity contribution < 1.29 is 17.6 Å². The number of carbonyl (C=O) groups excluding carboxylic acids is 1. The molecule has 3 rings (SSSR count). The molecule has 1 fully saturated rings. The summed E-state index contributed by atoms with van der Waals surface area (Å²) in [5.74, 6) is -0.367. The SMILES string of the molecule is CCCc1cc(F)cc(CCC)c1NC(=O)NS(=O)(=O)c1cc(CN2CCC2)n(C)n1. The molecule has 1 aromatic carbocycles. The molecular weight excluding hydrogens is 421 g/mol. The number of halogens is 1. The van der Waals surface area contributed by atoms with Gasteiger partial charge in [0.15, 0.2) is 5.03 Å². The predicted molar refractivity (Wildman–Crippen MR) is 117 cm³/mol. The summed E-state index contributed by atoms with van der Waals surface area (Å²) in [6.45, 7) is 6.48. The van der Waals surface area contributed by atoms with Crippen LogP contribution < -0.4 is 10.0 Å². The molecule has 1 saturated heterocycles. The van der Waals surface area contributed by atoms with Gasteiger partial charge in [-0.2, -0.15) is 13.5 Å². The number of hydrogen-bond donors (Lipinski definition) is 2. The fraction of sp³-hybridized carbons (Fsp3) is 0.524. The molecule has 170 valence electrons. The number of urea groups is 1. The van der Waals surface area contributed by atoms with E-state index in [1.165, 1.54) is 22.9 Å². The van der Waals surface area contributed by atoms with Crippen LogP contribution in [0.25, 0.3) is 0 Å². The van der Waals surface area contributed by atoms with Crippen molar-refractivity contribution in [1.29, 1.82) is 0 Å². The normalized spacial score (nSPS) is 14.3. The highest BCUT2D eigenvalue weighted by molar-refractivity contribution is 7.90. The average Bonchev–Trinajstić information content (AvgIpc) is 3.02. The number of rotatable bonds is 9. The van der Waals surface area contributed by atoms with E-state index in [4.69, 9.17) is 0 Å². The Hall–Kier alpha value is -2.46. The summed E-state index contributed by atoms with van der Waals surface area (Å²) in [4.78, 5) is 14.8. The van der Waals surface area contributed by atoms with Gasteiger partial charge in [0.2, 0.25) is 0 Å². The summed E-state index contributed by atoms with van der Waals surface area (Å²) < 4.78 is 43.0. The van der Waals surface area contributed by atoms with Crippen LogP contribution in [0.3, 0.4) is 0 Å². The van der Waals surface area contributed by atoms with E-state index in [0.29, 0.717) is 36.2 Å². The predicted octanol–water partition coefficient (Wildman–Crippen LogP) is 3.18. The number of benzene rings is 1. The van der Waals surface area contributed by atoms with Crippen LogP contribution >= 0.6 is 0 Å². The highest BCUT2D eigenvalue weighted by Gasteiger charge is 2.25. The number of likely N-dealkylation sites (tertiary alicyclic amines) is 1. The van der Waals surface area contributed by atoms with E-state index >= 15 is 0 Å². The van der Waals surface area contributed by atoms with E-state index < -0.39 is 16.1 Å². The molecule has 1 aromatic heterocycles. The molecule has 0 radical (unpaired) electrons. The first kappa shape index (κ1) is 23.2. The zero-order valence-corrected chi connectivity index (χ0v) is 19.1. The summed E-state index contributed by atoms with van der Waals surface area (Å²) >= 11 is 0. The number of carbonyl (C=O) groups is 1. The maximum Gasteiger partial charge on any atom is 0.333 e. The molecule has 0 spiro atoms. The third kappa shape index (κ3) is 5.62. The van der Waals surface area contributed by atoms with Gasteiger partial charge in [0.05, 0.1) is 5.69 Å². The van der Waals surface area contributed by atoms with Crippen LogP contribution in [-0.4, -0.2) is 42.2 Å². The highest BCUT2D eigenvalue weighted by Crippen LogP contribution is 2.26. The molecule has 2 aromatic rings. The fourth-order valence-electron chi connectivity index (χ4n) is 3.66. The first-order chi connectivity index (χ1) is 14.7. The number of amides is 2. The van der Waals surface area contributed by atoms with Gasteiger partial charge in [-0.3, -0.25) is 9.58 Å². The van der Waals surface area contributed by atoms with Crippen molar-refractivity contribution in [2.45, 2.75) is 57.5 Å². The van der Waals surface area contributed by atoms with Gasteiger partial charge < -0.3 is 5.32 Å². The molecule has 1 aliphatic heterocycles. The zero-order valence-electron chi connectivity index (χ0n) is 18.2. The van der Waals surface area contributed by atoms with Crippen molar-refractivity contribution in [2.75, 3.05) is 18.4 Å². The Kier molecular flexibility index (Phi) is 7.32. The van der Waals surface area contributed by atoms with Crippen LogP contribution in [-0.2, 0) is 36.5 Å². The Bertz CT molecular complexity index is 1020. The van der Waals surface area contributed by atoms with E-state index in [0.717, 1.165) is 38.0 Å². The molecule has 2 heterocycles. The standard InChI is InChI=1S/C21H30FN5O3S/c1-4-7-15-11-17(22)12-16(8-5-2)20(15)23-21(28)25-31(29,30)19-13-18(26(3)24-19)14-27-9-6-10-27/h11-13H,4-10,14H2,1-3H3,(H2,23,25,28). The Morgan fingerprint density at radius 2 is 1.74 bits per heavy atom. The number of aryl methyl sites for hydroxylation is 3. The fourth-order valence-corrected chi connectivity index (χ4v) is 4.58. The van der Waals surface area contributed by atoms with Gasteiger partial charge in [0, 0.05) is 25.3 Å². The van der Waals surface area contributed by atoms with E-state index in [1.54, 1.807) is 7.05 Å². The van der Waals surface area contributed by atoms with E-state index in [1.807, 2.05) is 18.6 Å². The number of aromatic nitrogens is 2. The largest absolute Gasteiger partial charge is 0.333 e. The summed E-state index contributed by atoms with van der Waals surface area (Å²) in [6.07, 6.45) is 3.79. The second-order valence-electron chi connectivity index (χ2n) is 7.89. The smallest absolute Gasteiger partial charge is 0.307 e.